The molecule has 0 aliphatic rings. The van der Waals surface area contributed by atoms with Crippen LogP contribution in [0, 0.1) is 22.9 Å². The van der Waals surface area contributed by atoms with Crippen molar-refractivity contribution in [1.82, 2.24) is 4.98 Å². The summed E-state index contributed by atoms with van der Waals surface area (Å²) >= 11 is 0.746. The predicted molar refractivity (Wildman–Crippen MR) is 65.4 cm³/mol. The molecule has 0 unspecified atom stereocenters. The van der Waals surface area contributed by atoms with Crippen molar-refractivity contribution in [1.29, 1.82) is 0 Å². The lowest BCUT2D eigenvalue weighted by molar-refractivity contribution is -0.387. The lowest BCUT2D eigenvalue weighted by Crippen LogP contribution is -2.03. The number of aryl methyl sites for hydroxylation is 1. The molecule has 1 heterocycles. The minimum absolute atomic E-state index is 0.0839. The number of nitro groups is 1. The first kappa shape index (κ1) is 14.0. The summed E-state index contributed by atoms with van der Waals surface area (Å²) < 4.78 is 18.6. The fraction of sp³-hybridized carbons (Fsp3) is 0.0909. The van der Waals surface area contributed by atoms with E-state index in [4.69, 9.17) is 9.52 Å². The van der Waals surface area contributed by atoms with Crippen molar-refractivity contribution in [3.05, 3.63) is 45.6 Å². The third kappa shape index (κ3) is 2.77. The largest absolute Gasteiger partial charge is 0.478 e. The van der Waals surface area contributed by atoms with Gasteiger partial charge in [0.05, 0.1) is 15.5 Å². The van der Waals surface area contributed by atoms with Crippen molar-refractivity contribution in [2.45, 2.75) is 17.0 Å². The Kier molecular flexibility index (Phi) is 3.70. The summed E-state index contributed by atoms with van der Waals surface area (Å²) in [6.45, 7) is 1.66. The summed E-state index contributed by atoms with van der Waals surface area (Å²) in [5.74, 6) is -2.64. The van der Waals surface area contributed by atoms with Gasteiger partial charge in [-0.15, -0.1) is 0 Å². The summed E-state index contributed by atoms with van der Waals surface area (Å²) in [5, 5.41) is 19.8. The monoisotopic (exact) mass is 298 g/mol. The van der Waals surface area contributed by atoms with Gasteiger partial charge in [0.25, 0.3) is 10.9 Å². The molecule has 0 amide bonds. The van der Waals surface area contributed by atoms with Gasteiger partial charge in [0.2, 0.25) is 0 Å². The third-order valence-electron chi connectivity index (χ3n) is 2.27. The highest BCUT2D eigenvalue weighted by Gasteiger charge is 2.23. The molecule has 0 saturated carbocycles. The zero-order valence-corrected chi connectivity index (χ0v) is 10.8. The molecule has 0 radical (unpaired) electrons. The Morgan fingerprint density at radius 3 is 2.75 bits per heavy atom. The molecule has 7 nitrogen and oxygen atoms in total. The molecule has 0 fully saturated rings. The molecule has 20 heavy (non-hydrogen) atoms. The van der Waals surface area contributed by atoms with E-state index in [1.165, 1.54) is 6.26 Å². The molecule has 1 aromatic carbocycles. The molecule has 2 aromatic rings. The minimum Gasteiger partial charge on any atom is -0.478 e. The van der Waals surface area contributed by atoms with E-state index in [1.54, 1.807) is 6.92 Å². The molecule has 2 rings (SSSR count). The van der Waals surface area contributed by atoms with Crippen LogP contribution in [-0.4, -0.2) is 21.0 Å². The van der Waals surface area contributed by atoms with Crippen molar-refractivity contribution in [3.8, 4) is 0 Å². The Morgan fingerprint density at radius 1 is 1.55 bits per heavy atom. The normalized spacial score (nSPS) is 10.5. The smallest absolute Gasteiger partial charge is 0.338 e. The molecule has 1 N–H and O–H groups in total. The number of rotatable bonds is 4. The van der Waals surface area contributed by atoms with Gasteiger partial charge in [-0.3, -0.25) is 10.1 Å². The summed E-state index contributed by atoms with van der Waals surface area (Å²) in [6, 6.07) is 1.46. The van der Waals surface area contributed by atoms with Gasteiger partial charge in [0.15, 0.2) is 0 Å². The highest BCUT2D eigenvalue weighted by molar-refractivity contribution is 7.99. The van der Waals surface area contributed by atoms with Crippen LogP contribution >= 0.6 is 11.8 Å². The zero-order chi connectivity index (χ0) is 14.9. The quantitative estimate of drug-likeness (QED) is 0.683. The first-order chi connectivity index (χ1) is 9.38. The Balaban J connectivity index is 2.48. The van der Waals surface area contributed by atoms with E-state index in [0.717, 1.165) is 17.8 Å². The topological polar surface area (TPSA) is 106 Å². The first-order valence-corrected chi connectivity index (χ1v) is 6.01. The van der Waals surface area contributed by atoms with E-state index < -0.39 is 28.0 Å². The highest BCUT2D eigenvalue weighted by Crippen LogP contribution is 2.36. The fourth-order valence-corrected chi connectivity index (χ4v) is 2.28. The summed E-state index contributed by atoms with van der Waals surface area (Å²) in [7, 11) is 0. The summed E-state index contributed by atoms with van der Waals surface area (Å²) in [5.41, 5.74) is -0.716. The molecular weight excluding hydrogens is 291 g/mol. The molecule has 0 bridgehead atoms. The molecule has 0 saturated heterocycles. The van der Waals surface area contributed by atoms with Crippen LogP contribution in [-0.2, 0) is 0 Å². The Hall–Kier alpha value is -2.42. The van der Waals surface area contributed by atoms with Gasteiger partial charge in [-0.1, -0.05) is 0 Å². The van der Waals surface area contributed by atoms with Gasteiger partial charge in [-0.05, 0) is 24.8 Å². The predicted octanol–water partition coefficient (Wildman–Crippen LogP) is 2.88. The second-order valence-corrected chi connectivity index (χ2v) is 4.71. The Morgan fingerprint density at radius 2 is 2.25 bits per heavy atom. The van der Waals surface area contributed by atoms with Crippen LogP contribution in [0.3, 0.4) is 0 Å². The van der Waals surface area contributed by atoms with Crippen molar-refractivity contribution in [2.24, 2.45) is 0 Å². The van der Waals surface area contributed by atoms with Crippen LogP contribution in [0.5, 0.6) is 0 Å². The number of halogens is 1. The number of nitro benzene ring substituents is 1. The molecule has 0 atom stereocenters. The van der Waals surface area contributed by atoms with Crippen molar-refractivity contribution >= 4 is 23.4 Å². The van der Waals surface area contributed by atoms with E-state index >= 15 is 0 Å². The maximum Gasteiger partial charge on any atom is 0.338 e. The number of oxazole rings is 1. The lowest BCUT2D eigenvalue weighted by Gasteiger charge is -2.03. The second-order valence-electron chi connectivity index (χ2n) is 3.72. The van der Waals surface area contributed by atoms with Crippen LogP contribution < -0.4 is 0 Å². The average molecular weight is 298 g/mol. The van der Waals surface area contributed by atoms with E-state index in [0.29, 0.717) is 11.8 Å². The van der Waals surface area contributed by atoms with Crippen molar-refractivity contribution in [2.75, 3.05) is 0 Å². The molecule has 9 heteroatoms. The van der Waals surface area contributed by atoms with Crippen LogP contribution in [0.25, 0.3) is 0 Å². The van der Waals surface area contributed by atoms with Gasteiger partial charge in [0, 0.05) is 6.07 Å². The van der Waals surface area contributed by atoms with Gasteiger partial charge in [-0.25, -0.2) is 14.2 Å². The van der Waals surface area contributed by atoms with E-state index in [1.807, 2.05) is 0 Å². The van der Waals surface area contributed by atoms with Gasteiger partial charge in [0.1, 0.15) is 17.6 Å². The number of carboxylic acids is 1. The number of aromatic nitrogens is 1. The van der Waals surface area contributed by atoms with Gasteiger partial charge in [-0.2, -0.15) is 0 Å². The summed E-state index contributed by atoms with van der Waals surface area (Å²) in [6.07, 6.45) is 1.34. The highest BCUT2D eigenvalue weighted by atomic mass is 32.2. The number of hydrogen-bond acceptors (Lipinski definition) is 6. The lowest BCUT2D eigenvalue weighted by atomic mass is 10.2. The van der Waals surface area contributed by atoms with Gasteiger partial charge < -0.3 is 9.52 Å². The maximum atomic E-state index is 13.6. The van der Waals surface area contributed by atoms with Crippen molar-refractivity contribution < 1.29 is 23.6 Å². The molecule has 104 valence electrons. The number of nitrogens with zero attached hydrogens (tertiary/aromatic N) is 2. The first-order valence-electron chi connectivity index (χ1n) is 5.19. The van der Waals surface area contributed by atoms with Crippen LogP contribution in [0.2, 0.25) is 0 Å². The maximum absolute atomic E-state index is 13.6. The van der Waals surface area contributed by atoms with E-state index in [-0.39, 0.29) is 10.1 Å². The Bertz CT molecular complexity index is 700. The fourth-order valence-electron chi connectivity index (χ4n) is 1.41. The van der Waals surface area contributed by atoms with Crippen LogP contribution in [0.1, 0.15) is 16.1 Å². The molecule has 0 aliphatic carbocycles. The number of carboxylic acid groups (broad SMARTS) is 1. The van der Waals surface area contributed by atoms with E-state index in [9.17, 15) is 19.3 Å². The molecular formula is C11H7FN2O5S. The number of hydrogen-bond donors (Lipinski definition) is 1. The number of carbonyl (C=O) groups is 1. The molecule has 1 aromatic heterocycles. The van der Waals surface area contributed by atoms with Crippen molar-refractivity contribution in [3.63, 3.8) is 0 Å². The van der Waals surface area contributed by atoms with Crippen LogP contribution in [0.15, 0.2) is 32.9 Å². The van der Waals surface area contributed by atoms with Gasteiger partial charge >= 0.3 is 5.97 Å². The average Bonchev–Trinajstić information content (AvgIpc) is 2.74. The second kappa shape index (κ2) is 5.29. The third-order valence-corrected chi connectivity index (χ3v) is 3.18. The summed E-state index contributed by atoms with van der Waals surface area (Å²) in [4.78, 5) is 24.8. The molecule has 0 spiro atoms. The number of aromatic carboxylic acids is 1. The molecule has 0 aliphatic heterocycles. The minimum atomic E-state index is -1.57. The number of benzene rings is 1. The standard InChI is InChI=1S/C11H7FN2O5S/c1-5-4-19-11(13-5)20-9-3-7(12)6(10(15)16)2-8(9)14(17)18/h2-4H,1H3,(H,15,16). The zero-order valence-electron chi connectivity index (χ0n) is 9.99. The SMILES string of the molecule is Cc1coc(Sc2cc(F)c(C(=O)O)cc2[N+](=O)[O-])n1. The Labute approximate surface area is 115 Å². The van der Waals surface area contributed by atoms with E-state index in [2.05, 4.69) is 4.98 Å². The van der Waals surface area contributed by atoms with Crippen LogP contribution in [0.4, 0.5) is 10.1 Å².